The molecular weight excluding hydrogens is 314 g/mol. The zero-order chi connectivity index (χ0) is 17.5. The summed E-state index contributed by atoms with van der Waals surface area (Å²) >= 11 is 0. The second-order valence-corrected chi connectivity index (χ2v) is 4.93. The van der Waals surface area contributed by atoms with Gasteiger partial charge in [0.2, 0.25) is 0 Å². The maximum absolute atomic E-state index is 12.2. The quantitative estimate of drug-likeness (QED) is 0.408. The first-order valence-electron chi connectivity index (χ1n) is 7.17. The molecule has 0 fully saturated rings. The number of amides is 1. The Morgan fingerprint density at radius 3 is 2.38 bits per heavy atom. The molecule has 3 N–H and O–H groups in total. The molecule has 0 heterocycles. The van der Waals surface area contributed by atoms with Gasteiger partial charge in [-0.05, 0) is 23.8 Å². The Morgan fingerprint density at radius 2 is 1.75 bits per heavy atom. The van der Waals surface area contributed by atoms with Crippen molar-refractivity contribution >= 4 is 5.91 Å². The molecule has 0 aliphatic carbocycles. The first-order valence-corrected chi connectivity index (χ1v) is 7.17. The smallest absolute Gasteiger partial charge is 0.255 e. The number of benzene rings is 2. The summed E-state index contributed by atoms with van der Waals surface area (Å²) in [6, 6.07) is 10.1. The van der Waals surface area contributed by atoms with Gasteiger partial charge in [-0.1, -0.05) is 18.2 Å². The first kappa shape index (κ1) is 17.6. The molecule has 24 heavy (non-hydrogen) atoms. The maximum Gasteiger partial charge on any atom is 0.255 e. The first-order chi connectivity index (χ1) is 11.6. The largest absolute Gasteiger partial charge is 0.504 e. The Kier molecular flexibility index (Phi) is 6.00. The van der Waals surface area contributed by atoms with Crippen LogP contribution in [0.15, 0.2) is 36.4 Å². The molecule has 0 radical (unpaired) electrons. The van der Waals surface area contributed by atoms with E-state index >= 15 is 0 Å². The molecule has 2 rings (SSSR count). The molecule has 0 saturated heterocycles. The molecule has 0 bridgehead atoms. The van der Waals surface area contributed by atoms with Crippen LogP contribution < -0.4 is 10.1 Å². The van der Waals surface area contributed by atoms with Crippen LogP contribution in [0, 0.1) is 0 Å². The summed E-state index contributed by atoms with van der Waals surface area (Å²) in [5.41, 5.74) is 1.15. The van der Waals surface area contributed by atoms with Crippen LogP contribution in [0.2, 0.25) is 0 Å². The van der Waals surface area contributed by atoms with Crippen molar-refractivity contribution in [2.24, 2.45) is 0 Å². The highest BCUT2D eigenvalue weighted by Crippen LogP contribution is 2.33. The summed E-state index contributed by atoms with van der Waals surface area (Å²) < 4.78 is 5.06. The summed E-state index contributed by atoms with van der Waals surface area (Å²) in [5, 5.41) is 22.6. The fraction of sp³-hybridized carbons (Fsp3) is 0.235. The Morgan fingerprint density at radius 1 is 1.04 bits per heavy atom. The lowest BCUT2D eigenvalue weighted by Crippen LogP contribution is -2.23. The van der Waals surface area contributed by atoms with Crippen molar-refractivity contribution in [3.05, 3.63) is 53.1 Å². The zero-order valence-electron chi connectivity index (χ0n) is 13.4. The second-order valence-electron chi connectivity index (χ2n) is 4.93. The summed E-state index contributed by atoms with van der Waals surface area (Å²) in [6.45, 7) is 0.223. The normalized spacial score (nSPS) is 10.4. The number of phenolic OH excluding ortho intramolecular Hbond substituents is 2. The molecule has 0 spiro atoms. The van der Waals surface area contributed by atoms with Crippen molar-refractivity contribution in [1.29, 1.82) is 0 Å². The second kappa shape index (κ2) is 8.19. The molecule has 128 valence electrons. The number of carbonyl (C=O) groups is 1. The number of carbonyl (C=O) groups excluding carboxylic acids is 1. The van der Waals surface area contributed by atoms with Gasteiger partial charge in [0.1, 0.15) is 12.4 Å². The Bertz CT molecular complexity index is 699. The predicted molar refractivity (Wildman–Crippen MR) is 85.7 cm³/mol. The van der Waals surface area contributed by atoms with E-state index in [1.54, 1.807) is 19.2 Å². The van der Waals surface area contributed by atoms with Gasteiger partial charge in [0.05, 0.1) is 19.8 Å². The predicted octanol–water partition coefficient (Wildman–Crippen LogP) is 2.11. The van der Waals surface area contributed by atoms with Gasteiger partial charge in [-0.15, -0.1) is 0 Å². The third-order valence-electron chi connectivity index (χ3n) is 3.42. The molecule has 0 aliphatic heterocycles. The molecule has 1 amide bonds. The Hall–Kier alpha value is -2.77. The number of phenols is 2. The summed E-state index contributed by atoms with van der Waals surface area (Å²) in [4.78, 5) is 21.3. The van der Waals surface area contributed by atoms with Crippen molar-refractivity contribution in [2.75, 3.05) is 14.2 Å². The van der Waals surface area contributed by atoms with Crippen LogP contribution in [0.4, 0.5) is 0 Å². The van der Waals surface area contributed by atoms with Gasteiger partial charge in [-0.3, -0.25) is 4.79 Å². The number of ether oxygens (including phenoxy) is 1. The van der Waals surface area contributed by atoms with Crippen LogP contribution in [-0.2, 0) is 22.9 Å². The average molecular weight is 333 g/mol. The molecule has 7 heteroatoms. The third-order valence-corrected chi connectivity index (χ3v) is 3.42. The molecular formula is C17H19NO6. The van der Waals surface area contributed by atoms with E-state index in [-0.39, 0.29) is 18.7 Å². The minimum absolute atomic E-state index is 0.0258. The highest BCUT2D eigenvalue weighted by molar-refractivity contribution is 5.97. The van der Waals surface area contributed by atoms with Crippen LogP contribution in [0.3, 0.4) is 0 Å². The van der Waals surface area contributed by atoms with E-state index < -0.39 is 17.4 Å². The molecule has 0 atom stereocenters. The molecule has 7 nitrogen and oxygen atoms in total. The minimum Gasteiger partial charge on any atom is -0.504 e. The minimum atomic E-state index is -0.502. The number of aromatic hydroxyl groups is 2. The van der Waals surface area contributed by atoms with Crippen molar-refractivity contribution in [3.63, 3.8) is 0 Å². The van der Waals surface area contributed by atoms with Crippen molar-refractivity contribution < 1.29 is 29.5 Å². The Balaban J connectivity index is 2.04. The number of nitrogens with one attached hydrogen (secondary N) is 1. The molecule has 0 aromatic heterocycles. The number of rotatable bonds is 7. The van der Waals surface area contributed by atoms with E-state index in [9.17, 15) is 15.0 Å². The Labute approximate surface area is 139 Å². The van der Waals surface area contributed by atoms with Crippen molar-refractivity contribution in [1.82, 2.24) is 5.32 Å². The highest BCUT2D eigenvalue weighted by Gasteiger charge is 2.17. The molecule has 2 aromatic carbocycles. The van der Waals surface area contributed by atoms with E-state index in [4.69, 9.17) is 9.62 Å². The fourth-order valence-electron chi connectivity index (χ4n) is 2.06. The summed E-state index contributed by atoms with van der Waals surface area (Å²) in [5.74, 6) is -0.692. The van der Waals surface area contributed by atoms with Gasteiger partial charge in [-0.25, -0.2) is 9.78 Å². The van der Waals surface area contributed by atoms with Gasteiger partial charge in [0.15, 0.2) is 11.5 Å². The third kappa shape index (κ3) is 4.15. The lowest BCUT2D eigenvalue weighted by atomic mass is 10.1. The van der Waals surface area contributed by atoms with Gasteiger partial charge in [0, 0.05) is 12.1 Å². The van der Waals surface area contributed by atoms with Crippen LogP contribution in [0.5, 0.6) is 17.2 Å². The van der Waals surface area contributed by atoms with Gasteiger partial charge in [0.25, 0.3) is 5.91 Å². The topological polar surface area (TPSA) is 97.3 Å². The lowest BCUT2D eigenvalue weighted by Gasteiger charge is -2.11. The molecule has 0 aliphatic rings. The van der Waals surface area contributed by atoms with E-state index in [0.717, 1.165) is 11.3 Å². The van der Waals surface area contributed by atoms with E-state index in [0.29, 0.717) is 5.56 Å². The monoisotopic (exact) mass is 333 g/mol. The molecule has 2 aromatic rings. The van der Waals surface area contributed by atoms with E-state index in [1.165, 1.54) is 19.2 Å². The van der Waals surface area contributed by atoms with Gasteiger partial charge in [-0.2, -0.15) is 0 Å². The zero-order valence-corrected chi connectivity index (χ0v) is 13.4. The average Bonchev–Trinajstić information content (AvgIpc) is 2.61. The van der Waals surface area contributed by atoms with Crippen LogP contribution in [-0.4, -0.2) is 30.3 Å². The highest BCUT2D eigenvalue weighted by atomic mass is 17.2. The van der Waals surface area contributed by atoms with Crippen LogP contribution >= 0.6 is 0 Å². The molecule has 0 unspecified atom stereocenters. The summed E-state index contributed by atoms with van der Waals surface area (Å²) in [6.07, 6.45) is 0. The summed E-state index contributed by atoms with van der Waals surface area (Å²) in [7, 11) is 2.91. The maximum atomic E-state index is 12.2. The standard InChI is InChI=1S/C17H19NO6/c1-22-13-6-3-11(4-7-13)9-18-17(21)14-8-5-12(10-24-23-2)15(19)16(14)20/h3-8,19-20H,9-10H2,1-2H3,(H,18,21). The van der Waals surface area contributed by atoms with Gasteiger partial charge < -0.3 is 20.3 Å². The van der Waals surface area contributed by atoms with Crippen molar-refractivity contribution in [2.45, 2.75) is 13.2 Å². The number of hydrogen-bond acceptors (Lipinski definition) is 6. The van der Waals surface area contributed by atoms with Gasteiger partial charge >= 0.3 is 0 Å². The van der Waals surface area contributed by atoms with E-state index in [1.807, 2.05) is 12.1 Å². The van der Waals surface area contributed by atoms with Crippen LogP contribution in [0.25, 0.3) is 0 Å². The number of methoxy groups -OCH3 is 1. The van der Waals surface area contributed by atoms with E-state index in [2.05, 4.69) is 10.2 Å². The van der Waals surface area contributed by atoms with Crippen molar-refractivity contribution in [3.8, 4) is 17.2 Å². The fourth-order valence-corrected chi connectivity index (χ4v) is 2.06. The number of hydrogen-bond donors (Lipinski definition) is 3. The lowest BCUT2D eigenvalue weighted by molar-refractivity contribution is -0.282. The van der Waals surface area contributed by atoms with Crippen LogP contribution in [0.1, 0.15) is 21.5 Å². The molecule has 0 saturated carbocycles. The SMILES string of the molecule is COOCc1ccc(C(=O)NCc2ccc(OC)cc2)c(O)c1O.